The van der Waals surface area contributed by atoms with Gasteiger partial charge in [0, 0.05) is 0 Å². The second-order valence-corrected chi connectivity index (χ2v) is 5.40. The lowest BCUT2D eigenvalue weighted by Gasteiger charge is -2.08. The van der Waals surface area contributed by atoms with Crippen LogP contribution in [-0.4, -0.2) is 23.1 Å². The van der Waals surface area contributed by atoms with E-state index in [4.69, 9.17) is 13.6 Å². The quantitative estimate of drug-likeness (QED) is 0.714. The van der Waals surface area contributed by atoms with Gasteiger partial charge in [-0.15, -0.1) is 0 Å². The van der Waals surface area contributed by atoms with E-state index >= 15 is 0 Å². The van der Waals surface area contributed by atoms with Crippen LogP contribution in [0.4, 0.5) is 0 Å². The van der Waals surface area contributed by atoms with Gasteiger partial charge in [0.05, 0.1) is 19.9 Å². The summed E-state index contributed by atoms with van der Waals surface area (Å²) in [6, 6.07) is 10.4. The first kappa shape index (κ1) is 16.8. The minimum atomic E-state index is -1.10. The van der Waals surface area contributed by atoms with Crippen molar-refractivity contribution in [2.75, 3.05) is 7.11 Å². The molecule has 3 rings (SSSR count). The third kappa shape index (κ3) is 3.72. The lowest BCUT2D eigenvalue weighted by molar-refractivity contribution is 0.0942. The van der Waals surface area contributed by atoms with Gasteiger partial charge in [0.2, 0.25) is 5.89 Å². The highest BCUT2D eigenvalue weighted by atomic mass is 16.5. The molecule has 2 aromatic heterocycles. The molecule has 1 aromatic carbocycles. The van der Waals surface area contributed by atoms with Crippen LogP contribution < -0.4 is 10.1 Å². The number of aromatic nitrogens is 1. The number of oxazole rings is 1. The Morgan fingerprint density at radius 3 is 2.92 bits per heavy atom. The number of aliphatic hydroxyl groups is 1. The lowest BCUT2D eigenvalue weighted by atomic mass is 10.1. The second kappa shape index (κ2) is 7.23. The second-order valence-electron chi connectivity index (χ2n) is 5.40. The fourth-order valence-electron chi connectivity index (χ4n) is 2.36. The Bertz CT molecular complexity index is 854. The Labute approximate surface area is 144 Å². The number of furan rings is 1. The van der Waals surface area contributed by atoms with Crippen LogP contribution in [0, 0.1) is 6.92 Å². The standard InChI is InChI=1S/C18H18N2O5/c1-11-15(17(22)19-10-14-7-4-8-24-14)20-18(25-11)16(21)12-5-3-6-13(9-12)23-2/h3-9,16,21H,10H2,1-2H3,(H,19,22). The molecule has 1 atom stereocenters. The molecule has 0 radical (unpaired) electrons. The topological polar surface area (TPSA) is 97.7 Å². The number of ether oxygens (including phenoxy) is 1. The molecule has 2 heterocycles. The molecule has 1 unspecified atom stereocenters. The summed E-state index contributed by atoms with van der Waals surface area (Å²) < 4.78 is 15.8. The minimum absolute atomic E-state index is 0.0499. The summed E-state index contributed by atoms with van der Waals surface area (Å²) in [6.45, 7) is 1.86. The monoisotopic (exact) mass is 342 g/mol. The SMILES string of the molecule is COc1cccc(C(O)c2nc(C(=O)NCc3ccco3)c(C)o2)c1. The third-order valence-electron chi connectivity index (χ3n) is 3.67. The van der Waals surface area contributed by atoms with E-state index in [1.807, 2.05) is 0 Å². The smallest absolute Gasteiger partial charge is 0.273 e. The summed E-state index contributed by atoms with van der Waals surface area (Å²) in [5.74, 6) is 1.21. The molecular formula is C18H18N2O5. The van der Waals surface area contributed by atoms with Crippen molar-refractivity contribution in [2.45, 2.75) is 19.6 Å². The van der Waals surface area contributed by atoms with Crippen LogP contribution in [0.15, 0.2) is 51.5 Å². The molecule has 0 saturated carbocycles. The number of hydrogen-bond donors (Lipinski definition) is 2. The molecule has 7 nitrogen and oxygen atoms in total. The van der Waals surface area contributed by atoms with E-state index in [1.54, 1.807) is 50.4 Å². The van der Waals surface area contributed by atoms with Crippen LogP contribution in [0.1, 0.15) is 39.6 Å². The van der Waals surface area contributed by atoms with Gasteiger partial charge in [0.25, 0.3) is 5.91 Å². The predicted octanol–water partition coefficient (Wildman–Crippen LogP) is 2.60. The van der Waals surface area contributed by atoms with Gasteiger partial charge in [-0.05, 0) is 36.8 Å². The number of nitrogens with zero attached hydrogens (tertiary/aromatic N) is 1. The summed E-state index contributed by atoms with van der Waals surface area (Å²) >= 11 is 0. The number of aryl methyl sites for hydroxylation is 1. The van der Waals surface area contributed by atoms with Crippen molar-refractivity contribution in [1.82, 2.24) is 10.3 Å². The molecule has 0 aliphatic carbocycles. The molecule has 0 bridgehead atoms. The molecule has 0 saturated heterocycles. The number of carbonyl (C=O) groups excluding carboxylic acids is 1. The summed E-state index contributed by atoms with van der Waals surface area (Å²) in [5, 5.41) is 13.1. The first-order chi connectivity index (χ1) is 12.1. The van der Waals surface area contributed by atoms with E-state index in [0.29, 0.717) is 22.8 Å². The number of methoxy groups -OCH3 is 1. The number of benzene rings is 1. The van der Waals surface area contributed by atoms with Gasteiger partial charge in [0.15, 0.2) is 11.8 Å². The van der Waals surface area contributed by atoms with Gasteiger partial charge in [0.1, 0.15) is 17.3 Å². The zero-order valence-corrected chi connectivity index (χ0v) is 13.9. The average Bonchev–Trinajstić information content (AvgIpc) is 3.28. The van der Waals surface area contributed by atoms with Crippen LogP contribution in [0.3, 0.4) is 0 Å². The van der Waals surface area contributed by atoms with Gasteiger partial charge in [-0.3, -0.25) is 4.79 Å². The Kier molecular flexibility index (Phi) is 4.85. The largest absolute Gasteiger partial charge is 0.497 e. The van der Waals surface area contributed by atoms with Crippen molar-refractivity contribution in [3.05, 3.63) is 71.3 Å². The fraction of sp³-hybridized carbons (Fsp3) is 0.222. The highest BCUT2D eigenvalue weighted by Gasteiger charge is 2.23. The first-order valence-electron chi connectivity index (χ1n) is 7.68. The third-order valence-corrected chi connectivity index (χ3v) is 3.67. The van der Waals surface area contributed by atoms with Crippen molar-refractivity contribution >= 4 is 5.91 Å². The van der Waals surface area contributed by atoms with Crippen molar-refractivity contribution in [3.63, 3.8) is 0 Å². The van der Waals surface area contributed by atoms with E-state index in [1.165, 1.54) is 6.26 Å². The number of rotatable bonds is 6. The normalized spacial score (nSPS) is 12.0. The molecule has 0 spiro atoms. The number of amides is 1. The molecule has 1 amide bonds. The average molecular weight is 342 g/mol. The maximum absolute atomic E-state index is 12.3. The molecule has 130 valence electrons. The zero-order valence-electron chi connectivity index (χ0n) is 13.9. The van der Waals surface area contributed by atoms with Crippen LogP contribution in [-0.2, 0) is 6.54 Å². The number of aliphatic hydroxyl groups excluding tert-OH is 1. The molecule has 0 aliphatic rings. The summed E-state index contributed by atoms with van der Waals surface area (Å²) in [6.07, 6.45) is 0.436. The zero-order chi connectivity index (χ0) is 17.8. The maximum Gasteiger partial charge on any atom is 0.273 e. The van der Waals surface area contributed by atoms with Gasteiger partial charge < -0.3 is 24.0 Å². The van der Waals surface area contributed by atoms with Crippen molar-refractivity contribution in [3.8, 4) is 5.75 Å². The summed E-state index contributed by atoms with van der Waals surface area (Å²) in [4.78, 5) is 16.4. The highest BCUT2D eigenvalue weighted by Crippen LogP contribution is 2.26. The van der Waals surface area contributed by atoms with Gasteiger partial charge >= 0.3 is 0 Å². The van der Waals surface area contributed by atoms with E-state index in [-0.39, 0.29) is 18.1 Å². The van der Waals surface area contributed by atoms with E-state index in [0.717, 1.165) is 0 Å². The maximum atomic E-state index is 12.3. The van der Waals surface area contributed by atoms with Crippen LogP contribution in [0.2, 0.25) is 0 Å². The predicted molar refractivity (Wildman–Crippen MR) is 88.2 cm³/mol. The molecule has 0 aliphatic heterocycles. The van der Waals surface area contributed by atoms with Crippen molar-refractivity contribution in [2.24, 2.45) is 0 Å². The number of carbonyl (C=O) groups is 1. The Balaban J connectivity index is 1.75. The molecule has 3 aromatic rings. The lowest BCUT2D eigenvalue weighted by Crippen LogP contribution is -2.23. The molecule has 7 heteroatoms. The Morgan fingerprint density at radius 2 is 2.20 bits per heavy atom. The minimum Gasteiger partial charge on any atom is -0.497 e. The number of nitrogens with one attached hydrogen (secondary N) is 1. The Hall–Kier alpha value is -3.06. The fourth-order valence-corrected chi connectivity index (χ4v) is 2.36. The van der Waals surface area contributed by atoms with E-state index in [9.17, 15) is 9.90 Å². The highest BCUT2D eigenvalue weighted by molar-refractivity contribution is 5.93. The van der Waals surface area contributed by atoms with E-state index < -0.39 is 12.0 Å². The van der Waals surface area contributed by atoms with Crippen LogP contribution in [0.5, 0.6) is 5.75 Å². The van der Waals surface area contributed by atoms with Crippen LogP contribution >= 0.6 is 0 Å². The van der Waals surface area contributed by atoms with E-state index in [2.05, 4.69) is 10.3 Å². The molecule has 2 N–H and O–H groups in total. The summed E-state index contributed by atoms with van der Waals surface area (Å²) in [7, 11) is 1.54. The summed E-state index contributed by atoms with van der Waals surface area (Å²) in [5.41, 5.74) is 0.687. The van der Waals surface area contributed by atoms with Gasteiger partial charge in [-0.2, -0.15) is 0 Å². The van der Waals surface area contributed by atoms with Crippen LogP contribution in [0.25, 0.3) is 0 Å². The first-order valence-corrected chi connectivity index (χ1v) is 7.68. The van der Waals surface area contributed by atoms with Gasteiger partial charge in [-0.1, -0.05) is 12.1 Å². The number of hydrogen-bond acceptors (Lipinski definition) is 6. The molecular weight excluding hydrogens is 324 g/mol. The Morgan fingerprint density at radius 1 is 1.36 bits per heavy atom. The van der Waals surface area contributed by atoms with Crippen molar-refractivity contribution in [1.29, 1.82) is 0 Å². The van der Waals surface area contributed by atoms with Crippen molar-refractivity contribution < 1.29 is 23.5 Å². The van der Waals surface area contributed by atoms with Gasteiger partial charge in [-0.25, -0.2) is 4.98 Å². The molecule has 0 fully saturated rings. The molecule has 25 heavy (non-hydrogen) atoms.